The topological polar surface area (TPSA) is 119 Å². The van der Waals surface area contributed by atoms with Crippen molar-refractivity contribution in [3.63, 3.8) is 0 Å². The van der Waals surface area contributed by atoms with E-state index in [1.54, 1.807) is 0 Å². The minimum absolute atomic E-state index is 0.172. The Morgan fingerprint density at radius 1 is 1.38 bits per heavy atom. The second-order valence-corrected chi connectivity index (χ2v) is 4.44. The predicted octanol–water partition coefficient (Wildman–Crippen LogP) is 1.30. The highest BCUT2D eigenvalue weighted by Gasteiger charge is 2.35. The molecule has 2 rings (SSSR count). The van der Waals surface area contributed by atoms with Crippen LogP contribution >= 0.6 is 0 Å². The number of carboxylic acid groups (broad SMARTS) is 1. The van der Waals surface area contributed by atoms with Gasteiger partial charge in [0.05, 0.1) is 11.0 Å². The third-order valence-corrected chi connectivity index (χ3v) is 3.00. The summed E-state index contributed by atoms with van der Waals surface area (Å²) in [5, 5.41) is 21.8. The summed E-state index contributed by atoms with van der Waals surface area (Å²) < 4.78 is 18.0. The summed E-state index contributed by atoms with van der Waals surface area (Å²) in [5.41, 5.74) is -0.759. The van der Waals surface area contributed by atoms with Gasteiger partial charge in [-0.2, -0.15) is 0 Å². The second-order valence-electron chi connectivity index (χ2n) is 4.44. The van der Waals surface area contributed by atoms with E-state index in [9.17, 15) is 24.1 Å². The molecule has 0 aliphatic carbocycles. The number of ether oxygens (including phenoxy) is 1. The molecule has 112 valence electrons. The fourth-order valence-corrected chi connectivity index (χ4v) is 1.99. The van der Waals surface area contributed by atoms with Gasteiger partial charge >= 0.3 is 5.97 Å². The number of rotatable bonds is 4. The van der Waals surface area contributed by atoms with Gasteiger partial charge in [0.25, 0.3) is 11.6 Å². The van der Waals surface area contributed by atoms with Gasteiger partial charge in [-0.1, -0.05) is 0 Å². The zero-order chi connectivity index (χ0) is 15.6. The van der Waals surface area contributed by atoms with Crippen molar-refractivity contribution < 1.29 is 28.7 Å². The zero-order valence-corrected chi connectivity index (χ0v) is 10.6. The Kier molecular flexibility index (Phi) is 4.13. The van der Waals surface area contributed by atoms with Crippen molar-refractivity contribution in [3.05, 3.63) is 34.1 Å². The number of amides is 1. The zero-order valence-electron chi connectivity index (χ0n) is 10.6. The Bertz CT molecular complexity index is 605. The Morgan fingerprint density at radius 2 is 2.05 bits per heavy atom. The number of nitro benzene ring substituents is 1. The van der Waals surface area contributed by atoms with E-state index in [1.165, 1.54) is 0 Å². The fourth-order valence-electron chi connectivity index (χ4n) is 1.99. The number of benzene rings is 1. The average Bonchev–Trinajstić information content (AvgIpc) is 2.90. The molecule has 1 amide bonds. The lowest BCUT2D eigenvalue weighted by molar-refractivity contribution is -0.384. The molecule has 0 bridgehead atoms. The van der Waals surface area contributed by atoms with Crippen molar-refractivity contribution in [2.75, 3.05) is 5.32 Å². The first-order valence-corrected chi connectivity index (χ1v) is 6.01. The van der Waals surface area contributed by atoms with E-state index in [1.807, 2.05) is 0 Å². The molecular formula is C12H11FN2O6. The number of anilines is 1. The Morgan fingerprint density at radius 3 is 2.62 bits per heavy atom. The standard InChI is InChI=1S/C12H11FN2O6/c13-6-1-2-7(8(5-6)15(19)20)14-11(16)9-3-4-10(21-9)12(17)18/h1-2,5,9-10H,3-4H2,(H,14,16)(H,17,18)/t9-,10+/m0/s1. The van der Waals surface area contributed by atoms with E-state index in [2.05, 4.69) is 5.32 Å². The number of nitro groups is 1. The van der Waals surface area contributed by atoms with Crippen LogP contribution in [0.15, 0.2) is 18.2 Å². The number of carboxylic acids is 1. The number of hydrogen-bond acceptors (Lipinski definition) is 5. The lowest BCUT2D eigenvalue weighted by Crippen LogP contribution is -2.30. The van der Waals surface area contributed by atoms with Crippen molar-refractivity contribution >= 4 is 23.3 Å². The van der Waals surface area contributed by atoms with Crippen LogP contribution < -0.4 is 5.32 Å². The van der Waals surface area contributed by atoms with Crippen molar-refractivity contribution in [1.82, 2.24) is 0 Å². The maximum Gasteiger partial charge on any atom is 0.332 e. The number of halogens is 1. The third kappa shape index (κ3) is 3.31. The van der Waals surface area contributed by atoms with Crippen LogP contribution in [0.3, 0.4) is 0 Å². The quantitative estimate of drug-likeness (QED) is 0.639. The van der Waals surface area contributed by atoms with Crippen LogP contribution in [0.5, 0.6) is 0 Å². The summed E-state index contributed by atoms with van der Waals surface area (Å²) >= 11 is 0. The molecule has 1 aliphatic rings. The first-order chi connectivity index (χ1) is 9.88. The van der Waals surface area contributed by atoms with Crippen LogP contribution in [0.25, 0.3) is 0 Å². The normalized spacial score (nSPS) is 21.0. The van der Waals surface area contributed by atoms with Crippen LogP contribution in [0, 0.1) is 15.9 Å². The molecule has 1 heterocycles. The molecule has 0 radical (unpaired) electrons. The fraction of sp³-hybridized carbons (Fsp3) is 0.333. The highest BCUT2D eigenvalue weighted by molar-refractivity contribution is 5.96. The number of carbonyl (C=O) groups is 2. The molecule has 1 saturated heterocycles. The van der Waals surface area contributed by atoms with Crippen LogP contribution in [0.2, 0.25) is 0 Å². The van der Waals surface area contributed by atoms with Gasteiger partial charge in [0.15, 0.2) is 6.10 Å². The summed E-state index contributed by atoms with van der Waals surface area (Å²) in [6.07, 6.45) is -1.70. The van der Waals surface area contributed by atoms with Gasteiger partial charge in [-0.05, 0) is 25.0 Å². The molecule has 2 N–H and O–H groups in total. The van der Waals surface area contributed by atoms with E-state index in [0.717, 1.165) is 12.1 Å². The van der Waals surface area contributed by atoms with Crippen molar-refractivity contribution in [2.45, 2.75) is 25.0 Å². The van der Waals surface area contributed by atoms with Crippen LogP contribution in [0.4, 0.5) is 15.8 Å². The van der Waals surface area contributed by atoms with Gasteiger partial charge in [0.2, 0.25) is 0 Å². The first-order valence-electron chi connectivity index (χ1n) is 6.01. The summed E-state index contributed by atoms with van der Waals surface area (Å²) in [6, 6.07) is 2.72. The number of aliphatic carboxylic acids is 1. The molecule has 1 aromatic rings. The lowest BCUT2D eigenvalue weighted by atomic mass is 10.2. The minimum atomic E-state index is -1.17. The molecule has 1 fully saturated rings. The molecule has 2 atom stereocenters. The number of nitrogens with zero attached hydrogens (tertiary/aromatic N) is 1. The minimum Gasteiger partial charge on any atom is -0.479 e. The van der Waals surface area contributed by atoms with Crippen molar-refractivity contribution in [1.29, 1.82) is 0 Å². The largest absolute Gasteiger partial charge is 0.479 e. The van der Waals surface area contributed by atoms with E-state index in [-0.39, 0.29) is 18.5 Å². The number of carbonyl (C=O) groups excluding carboxylic acids is 1. The molecule has 0 spiro atoms. The highest BCUT2D eigenvalue weighted by atomic mass is 19.1. The van der Waals surface area contributed by atoms with Gasteiger partial charge in [-0.15, -0.1) is 0 Å². The van der Waals surface area contributed by atoms with Crippen LogP contribution in [-0.2, 0) is 14.3 Å². The Hall–Kier alpha value is -2.55. The lowest BCUT2D eigenvalue weighted by Gasteiger charge is -2.12. The smallest absolute Gasteiger partial charge is 0.332 e. The summed E-state index contributed by atoms with van der Waals surface area (Å²) in [4.78, 5) is 32.6. The van der Waals surface area contributed by atoms with Gasteiger partial charge < -0.3 is 15.2 Å². The molecule has 1 aromatic carbocycles. The van der Waals surface area contributed by atoms with E-state index in [0.29, 0.717) is 6.07 Å². The van der Waals surface area contributed by atoms with Gasteiger partial charge in [-0.3, -0.25) is 14.9 Å². The SMILES string of the molecule is O=C(Nc1ccc(F)cc1[N+](=O)[O-])[C@@H]1CC[C@H](C(=O)O)O1. The Labute approximate surface area is 117 Å². The maximum atomic E-state index is 13.0. The average molecular weight is 298 g/mol. The third-order valence-electron chi connectivity index (χ3n) is 3.00. The number of hydrogen-bond donors (Lipinski definition) is 2. The van der Waals surface area contributed by atoms with E-state index >= 15 is 0 Å². The summed E-state index contributed by atoms with van der Waals surface area (Å²) in [6.45, 7) is 0. The summed E-state index contributed by atoms with van der Waals surface area (Å²) in [7, 11) is 0. The van der Waals surface area contributed by atoms with E-state index in [4.69, 9.17) is 9.84 Å². The van der Waals surface area contributed by atoms with Crippen molar-refractivity contribution in [2.24, 2.45) is 0 Å². The molecule has 0 saturated carbocycles. The number of nitrogens with one attached hydrogen (secondary N) is 1. The predicted molar refractivity (Wildman–Crippen MR) is 67.2 cm³/mol. The van der Waals surface area contributed by atoms with Crippen LogP contribution in [-0.4, -0.2) is 34.1 Å². The molecule has 21 heavy (non-hydrogen) atoms. The first kappa shape index (κ1) is 14.9. The van der Waals surface area contributed by atoms with Crippen molar-refractivity contribution in [3.8, 4) is 0 Å². The Balaban J connectivity index is 2.10. The van der Waals surface area contributed by atoms with E-state index < -0.39 is 40.5 Å². The van der Waals surface area contributed by atoms with Gasteiger partial charge in [-0.25, -0.2) is 9.18 Å². The maximum absolute atomic E-state index is 13.0. The van der Waals surface area contributed by atoms with Gasteiger partial charge in [0, 0.05) is 0 Å². The highest BCUT2D eigenvalue weighted by Crippen LogP contribution is 2.27. The molecule has 1 aliphatic heterocycles. The molecule has 0 aromatic heterocycles. The van der Waals surface area contributed by atoms with Crippen LogP contribution in [0.1, 0.15) is 12.8 Å². The summed E-state index contributed by atoms with van der Waals surface area (Å²) in [5.74, 6) is -2.67. The molecule has 9 heteroatoms. The second kappa shape index (κ2) is 5.83. The molecule has 0 unspecified atom stereocenters. The molecule has 8 nitrogen and oxygen atoms in total. The molecular weight excluding hydrogens is 287 g/mol. The van der Waals surface area contributed by atoms with Gasteiger partial charge in [0.1, 0.15) is 17.6 Å². The monoisotopic (exact) mass is 298 g/mol.